The molecule has 3 rings (SSSR count). The number of phenols is 1. The number of amides is 2. The third kappa shape index (κ3) is 5.95. The van der Waals surface area contributed by atoms with Crippen molar-refractivity contribution < 1.29 is 24.2 Å². The number of hydrogen-bond acceptors (Lipinski definition) is 6. The van der Waals surface area contributed by atoms with Crippen LogP contribution in [0.1, 0.15) is 72.0 Å². The van der Waals surface area contributed by atoms with Crippen LogP contribution in [0.4, 0.5) is 5.69 Å². The fraction of sp³-hybridized carbons (Fsp3) is 0.407. The van der Waals surface area contributed by atoms with Crippen molar-refractivity contribution in [2.45, 2.75) is 46.6 Å². The number of halogens is 1. The van der Waals surface area contributed by atoms with Crippen LogP contribution < -0.4 is 15.0 Å². The third-order valence-electron chi connectivity index (χ3n) is 6.30. The van der Waals surface area contributed by atoms with E-state index < -0.39 is 5.41 Å². The van der Waals surface area contributed by atoms with E-state index in [2.05, 4.69) is 5.32 Å². The SMILES string of the molecule is Br.CCOc1cc2c(cc1C(=O)NC)C(=N)N(CC(=O)c1cc(N(C)C(C)=O)c(O)c(C(C)(C)C)c1)C2. The van der Waals surface area contributed by atoms with Gasteiger partial charge in [0, 0.05) is 44.3 Å². The summed E-state index contributed by atoms with van der Waals surface area (Å²) in [6.45, 7) is 9.59. The molecule has 0 saturated heterocycles. The van der Waals surface area contributed by atoms with Crippen LogP contribution in [0.5, 0.6) is 11.5 Å². The number of aromatic hydroxyl groups is 1. The molecule has 37 heavy (non-hydrogen) atoms. The van der Waals surface area contributed by atoms with Crippen molar-refractivity contribution >= 4 is 46.1 Å². The van der Waals surface area contributed by atoms with E-state index in [0.717, 1.165) is 5.56 Å². The van der Waals surface area contributed by atoms with Crippen LogP contribution in [0, 0.1) is 5.41 Å². The van der Waals surface area contributed by atoms with Crippen LogP contribution in [0.2, 0.25) is 0 Å². The number of phenolic OH excluding ortho intramolecular Hbond substituents is 1. The number of rotatable bonds is 7. The number of ketones is 1. The minimum Gasteiger partial charge on any atom is -0.505 e. The molecule has 2 amide bonds. The van der Waals surface area contributed by atoms with Gasteiger partial charge in [-0.2, -0.15) is 0 Å². The Labute approximate surface area is 228 Å². The van der Waals surface area contributed by atoms with Gasteiger partial charge >= 0.3 is 0 Å². The summed E-state index contributed by atoms with van der Waals surface area (Å²) in [5.41, 5.74) is 2.37. The molecule has 0 saturated carbocycles. The Hall–Kier alpha value is -3.40. The summed E-state index contributed by atoms with van der Waals surface area (Å²) in [5, 5.41) is 22.1. The molecule has 200 valence electrons. The quantitative estimate of drug-likeness (QED) is 0.429. The lowest BCUT2D eigenvalue weighted by Gasteiger charge is -2.26. The summed E-state index contributed by atoms with van der Waals surface area (Å²) in [6, 6.07) is 6.54. The molecule has 9 nitrogen and oxygen atoms in total. The van der Waals surface area contributed by atoms with E-state index in [9.17, 15) is 19.5 Å². The Morgan fingerprint density at radius 1 is 1.19 bits per heavy atom. The van der Waals surface area contributed by atoms with Crippen molar-refractivity contribution in [3.63, 3.8) is 0 Å². The maximum atomic E-state index is 13.4. The van der Waals surface area contributed by atoms with Gasteiger partial charge in [-0.3, -0.25) is 19.8 Å². The van der Waals surface area contributed by atoms with Gasteiger partial charge in [0.05, 0.1) is 24.4 Å². The molecule has 0 radical (unpaired) electrons. The summed E-state index contributed by atoms with van der Waals surface area (Å²) in [7, 11) is 3.08. The summed E-state index contributed by atoms with van der Waals surface area (Å²) in [5.74, 6) is -0.312. The molecule has 0 fully saturated rings. The summed E-state index contributed by atoms with van der Waals surface area (Å²) < 4.78 is 5.64. The van der Waals surface area contributed by atoms with Crippen molar-refractivity contribution in [3.05, 3.63) is 52.1 Å². The minimum absolute atomic E-state index is 0. The van der Waals surface area contributed by atoms with E-state index in [4.69, 9.17) is 10.1 Å². The highest BCUT2D eigenvalue weighted by atomic mass is 79.9. The molecular formula is C27H35BrN4O5. The fourth-order valence-electron chi connectivity index (χ4n) is 4.19. The first-order valence-electron chi connectivity index (χ1n) is 11.8. The van der Waals surface area contributed by atoms with Crippen LogP contribution in [0.25, 0.3) is 0 Å². The van der Waals surface area contributed by atoms with Crippen LogP contribution in [-0.4, -0.2) is 60.7 Å². The normalized spacial score (nSPS) is 12.5. The molecule has 2 aromatic carbocycles. The second-order valence-electron chi connectivity index (χ2n) is 9.87. The van der Waals surface area contributed by atoms with E-state index in [1.54, 1.807) is 30.1 Å². The second-order valence-corrected chi connectivity index (χ2v) is 9.87. The molecule has 2 aromatic rings. The molecule has 0 unspecified atom stereocenters. The second kappa shape index (κ2) is 11.3. The Kier molecular flexibility index (Phi) is 9.13. The molecule has 1 heterocycles. The number of Topliss-reactive ketones (excluding diaryl/α,β-unsaturated/α-hetero) is 1. The third-order valence-corrected chi connectivity index (χ3v) is 6.30. The van der Waals surface area contributed by atoms with Crippen molar-refractivity contribution in [1.82, 2.24) is 10.2 Å². The largest absolute Gasteiger partial charge is 0.505 e. The lowest BCUT2D eigenvalue weighted by molar-refractivity contribution is -0.116. The van der Waals surface area contributed by atoms with E-state index in [1.165, 1.54) is 24.9 Å². The van der Waals surface area contributed by atoms with Crippen LogP contribution in [0.15, 0.2) is 24.3 Å². The Morgan fingerprint density at radius 2 is 1.84 bits per heavy atom. The monoisotopic (exact) mass is 574 g/mol. The number of nitrogens with zero attached hydrogens (tertiary/aromatic N) is 2. The predicted octanol–water partition coefficient (Wildman–Crippen LogP) is 4.03. The van der Waals surface area contributed by atoms with Crippen molar-refractivity contribution in [2.24, 2.45) is 0 Å². The zero-order valence-electron chi connectivity index (χ0n) is 22.3. The zero-order chi connectivity index (χ0) is 26.9. The zero-order valence-corrected chi connectivity index (χ0v) is 24.0. The number of nitrogens with one attached hydrogen (secondary N) is 2. The van der Waals surface area contributed by atoms with Crippen LogP contribution in [0.3, 0.4) is 0 Å². The van der Waals surface area contributed by atoms with Gasteiger partial charge in [0.25, 0.3) is 5.91 Å². The molecule has 0 bridgehead atoms. The molecule has 0 aromatic heterocycles. The van der Waals surface area contributed by atoms with E-state index in [1.807, 2.05) is 27.7 Å². The van der Waals surface area contributed by atoms with Gasteiger partial charge in [0.1, 0.15) is 17.3 Å². The van der Waals surface area contributed by atoms with E-state index in [0.29, 0.717) is 41.2 Å². The maximum absolute atomic E-state index is 13.4. The number of ether oxygens (including phenoxy) is 1. The Morgan fingerprint density at radius 3 is 2.38 bits per heavy atom. The predicted molar refractivity (Wildman–Crippen MR) is 149 cm³/mol. The lowest BCUT2D eigenvalue weighted by atomic mass is 9.84. The van der Waals surface area contributed by atoms with E-state index in [-0.39, 0.29) is 58.4 Å². The summed E-state index contributed by atoms with van der Waals surface area (Å²) in [6.07, 6.45) is 0. The standard InChI is InChI=1S/C27H34N4O5.BrH/c1-8-36-23-11-17-13-31(25(28)18(17)12-19(23)26(35)29-6)14-22(33)16-9-20(27(3,4)5)24(34)21(10-16)30(7)15(2)32;/h9-12,28,34H,8,13-14H2,1-7H3,(H,29,35);1H. The molecule has 0 aliphatic carbocycles. The highest BCUT2D eigenvalue weighted by molar-refractivity contribution is 8.93. The minimum atomic E-state index is -0.477. The molecule has 1 aliphatic rings. The summed E-state index contributed by atoms with van der Waals surface area (Å²) in [4.78, 5) is 40.7. The van der Waals surface area contributed by atoms with Gasteiger partial charge in [-0.15, -0.1) is 17.0 Å². The average molecular weight is 576 g/mol. The molecule has 3 N–H and O–H groups in total. The molecule has 0 spiro atoms. The van der Waals surface area contributed by atoms with Crippen molar-refractivity contribution in [2.75, 3.05) is 32.1 Å². The average Bonchev–Trinajstić information content (AvgIpc) is 3.11. The molecular weight excluding hydrogens is 540 g/mol. The highest BCUT2D eigenvalue weighted by Gasteiger charge is 2.31. The number of benzene rings is 2. The first-order valence-corrected chi connectivity index (χ1v) is 11.8. The first kappa shape index (κ1) is 29.8. The smallest absolute Gasteiger partial charge is 0.254 e. The Balaban J connectivity index is 0.00000481. The fourth-order valence-corrected chi connectivity index (χ4v) is 4.19. The van der Waals surface area contributed by atoms with Crippen molar-refractivity contribution in [3.8, 4) is 11.5 Å². The molecule has 0 atom stereocenters. The van der Waals surface area contributed by atoms with Gasteiger partial charge in [-0.1, -0.05) is 20.8 Å². The number of fused-ring (bicyclic) bond motifs is 1. The number of carbonyl (C=O) groups excluding carboxylic acids is 3. The van der Waals surface area contributed by atoms with Crippen LogP contribution >= 0.6 is 17.0 Å². The number of hydrogen-bond donors (Lipinski definition) is 3. The maximum Gasteiger partial charge on any atom is 0.254 e. The number of anilines is 1. The highest BCUT2D eigenvalue weighted by Crippen LogP contribution is 2.39. The molecule has 1 aliphatic heterocycles. The topological polar surface area (TPSA) is 123 Å². The Bertz CT molecular complexity index is 1250. The number of carbonyl (C=O) groups is 3. The summed E-state index contributed by atoms with van der Waals surface area (Å²) >= 11 is 0. The van der Waals surface area contributed by atoms with Crippen LogP contribution in [-0.2, 0) is 16.8 Å². The first-order chi connectivity index (χ1) is 16.8. The van der Waals surface area contributed by atoms with Gasteiger partial charge in [0.15, 0.2) is 5.78 Å². The molecule has 10 heteroatoms. The van der Waals surface area contributed by atoms with Crippen molar-refractivity contribution in [1.29, 1.82) is 5.41 Å². The van der Waals surface area contributed by atoms with Gasteiger partial charge in [-0.05, 0) is 42.2 Å². The number of amidine groups is 1. The van der Waals surface area contributed by atoms with Gasteiger partial charge < -0.3 is 25.0 Å². The lowest BCUT2D eigenvalue weighted by Crippen LogP contribution is -2.31. The van der Waals surface area contributed by atoms with Gasteiger partial charge in [-0.25, -0.2) is 0 Å². The van der Waals surface area contributed by atoms with E-state index >= 15 is 0 Å². The van der Waals surface area contributed by atoms with Gasteiger partial charge in [0.2, 0.25) is 5.91 Å².